The number of rotatable bonds is 7. The fraction of sp³-hybridized carbons (Fsp3) is 1.00. The Morgan fingerprint density at radius 1 is 1.06 bits per heavy atom. The normalized spacial score (nSPS) is 21.0. The van der Waals surface area contributed by atoms with Crippen molar-refractivity contribution < 1.29 is 5.11 Å². The molecule has 2 heteroatoms. The maximum Gasteiger partial charge on any atom is 0.0694 e. The zero-order valence-corrected chi connectivity index (χ0v) is 12.0. The van der Waals surface area contributed by atoms with Crippen molar-refractivity contribution in [1.82, 2.24) is 4.90 Å². The molecular weight excluding hydrogens is 210 g/mol. The Bertz CT molecular complexity index is 195. The van der Waals surface area contributed by atoms with Gasteiger partial charge in [-0.15, -0.1) is 0 Å². The van der Waals surface area contributed by atoms with Gasteiger partial charge >= 0.3 is 0 Å². The van der Waals surface area contributed by atoms with Crippen LogP contribution in [0.5, 0.6) is 0 Å². The van der Waals surface area contributed by atoms with Gasteiger partial charge in [0.2, 0.25) is 0 Å². The Kier molecular flexibility index (Phi) is 6.50. The van der Waals surface area contributed by atoms with Crippen LogP contribution < -0.4 is 0 Å². The first-order valence-corrected chi connectivity index (χ1v) is 7.53. The number of piperidine rings is 1. The van der Waals surface area contributed by atoms with Gasteiger partial charge in [0.1, 0.15) is 0 Å². The molecule has 2 nitrogen and oxygen atoms in total. The monoisotopic (exact) mass is 241 g/mol. The fourth-order valence-electron chi connectivity index (χ4n) is 2.68. The maximum absolute atomic E-state index is 10.4. The average molecular weight is 241 g/mol. The van der Waals surface area contributed by atoms with Crippen molar-refractivity contribution in [2.24, 2.45) is 5.92 Å². The van der Waals surface area contributed by atoms with Gasteiger partial charge in [0, 0.05) is 13.1 Å². The first-order valence-electron chi connectivity index (χ1n) is 7.53. The summed E-state index contributed by atoms with van der Waals surface area (Å²) in [6.07, 6.45) is 8.72. The number of aliphatic hydroxyl groups is 1. The minimum Gasteiger partial charge on any atom is -0.390 e. The van der Waals surface area contributed by atoms with E-state index in [-0.39, 0.29) is 0 Å². The van der Waals surface area contributed by atoms with Crippen molar-refractivity contribution in [3.05, 3.63) is 0 Å². The van der Waals surface area contributed by atoms with E-state index in [9.17, 15) is 5.11 Å². The molecule has 1 fully saturated rings. The van der Waals surface area contributed by atoms with Crippen molar-refractivity contribution in [2.75, 3.05) is 19.6 Å². The molecule has 0 aromatic carbocycles. The highest BCUT2D eigenvalue weighted by Gasteiger charge is 2.34. The predicted octanol–water partition coefficient (Wildman–Crippen LogP) is 3.44. The van der Waals surface area contributed by atoms with E-state index in [4.69, 9.17) is 0 Å². The summed E-state index contributed by atoms with van der Waals surface area (Å²) in [6, 6.07) is 0. The number of likely N-dealkylation sites (tertiary alicyclic amines) is 1. The Morgan fingerprint density at radius 2 is 1.65 bits per heavy atom. The molecule has 102 valence electrons. The summed E-state index contributed by atoms with van der Waals surface area (Å²) >= 11 is 0. The quantitative estimate of drug-likeness (QED) is 0.690. The average Bonchev–Trinajstić information content (AvgIpc) is 2.31. The van der Waals surface area contributed by atoms with E-state index in [1.807, 2.05) is 0 Å². The SMILES string of the molecule is CCCCCCCN1CCC(O)(C(C)C)CC1. The summed E-state index contributed by atoms with van der Waals surface area (Å²) in [7, 11) is 0. The van der Waals surface area contributed by atoms with Gasteiger partial charge in [0.15, 0.2) is 0 Å². The van der Waals surface area contributed by atoms with Crippen LogP contribution in [0, 0.1) is 5.92 Å². The zero-order chi connectivity index (χ0) is 12.7. The molecule has 0 atom stereocenters. The molecular formula is C15H31NO. The minimum atomic E-state index is -0.390. The van der Waals surface area contributed by atoms with Gasteiger partial charge < -0.3 is 10.0 Å². The molecule has 0 radical (unpaired) electrons. The topological polar surface area (TPSA) is 23.5 Å². The first kappa shape index (κ1) is 15.0. The highest BCUT2D eigenvalue weighted by atomic mass is 16.3. The molecule has 1 aliphatic rings. The molecule has 0 unspecified atom stereocenters. The van der Waals surface area contributed by atoms with Crippen LogP contribution in [0.3, 0.4) is 0 Å². The molecule has 1 aliphatic heterocycles. The number of hydrogen-bond donors (Lipinski definition) is 1. The molecule has 0 bridgehead atoms. The third-order valence-electron chi connectivity index (χ3n) is 4.37. The van der Waals surface area contributed by atoms with E-state index in [2.05, 4.69) is 25.7 Å². The predicted molar refractivity (Wildman–Crippen MR) is 74.2 cm³/mol. The van der Waals surface area contributed by atoms with E-state index in [0.29, 0.717) is 5.92 Å². The lowest BCUT2D eigenvalue weighted by molar-refractivity contribution is -0.0565. The van der Waals surface area contributed by atoms with Crippen molar-refractivity contribution >= 4 is 0 Å². The third-order valence-corrected chi connectivity index (χ3v) is 4.37. The van der Waals surface area contributed by atoms with Crippen molar-refractivity contribution in [3.8, 4) is 0 Å². The second kappa shape index (κ2) is 7.38. The van der Waals surface area contributed by atoms with Gasteiger partial charge in [0.25, 0.3) is 0 Å². The van der Waals surface area contributed by atoms with Crippen molar-refractivity contribution in [3.63, 3.8) is 0 Å². The lowest BCUT2D eigenvalue weighted by atomic mass is 9.81. The zero-order valence-electron chi connectivity index (χ0n) is 12.0. The van der Waals surface area contributed by atoms with Crippen LogP contribution in [-0.4, -0.2) is 35.2 Å². The smallest absolute Gasteiger partial charge is 0.0694 e. The van der Waals surface area contributed by atoms with Crippen LogP contribution >= 0.6 is 0 Å². The Labute approximate surface area is 107 Å². The number of nitrogens with zero attached hydrogens (tertiary/aromatic N) is 1. The molecule has 0 aliphatic carbocycles. The summed E-state index contributed by atoms with van der Waals surface area (Å²) in [5.41, 5.74) is -0.390. The molecule has 17 heavy (non-hydrogen) atoms. The standard InChI is InChI=1S/C15H31NO/c1-4-5-6-7-8-11-16-12-9-15(17,10-13-16)14(2)3/h14,17H,4-13H2,1-3H3. The Morgan fingerprint density at radius 3 is 2.18 bits per heavy atom. The van der Waals surface area contributed by atoms with Crippen LogP contribution in [-0.2, 0) is 0 Å². The molecule has 1 rings (SSSR count). The molecule has 0 aromatic heterocycles. The minimum absolute atomic E-state index is 0.390. The van der Waals surface area contributed by atoms with E-state index in [1.54, 1.807) is 0 Å². The van der Waals surface area contributed by atoms with Crippen molar-refractivity contribution in [2.45, 2.75) is 71.3 Å². The molecule has 1 heterocycles. The second-order valence-corrected chi connectivity index (χ2v) is 6.01. The summed E-state index contributed by atoms with van der Waals surface area (Å²) < 4.78 is 0. The van der Waals surface area contributed by atoms with E-state index < -0.39 is 5.60 Å². The molecule has 0 aromatic rings. The third kappa shape index (κ3) is 4.97. The lowest BCUT2D eigenvalue weighted by Gasteiger charge is -2.40. The highest BCUT2D eigenvalue weighted by molar-refractivity contribution is 4.88. The van der Waals surface area contributed by atoms with Crippen LogP contribution in [0.4, 0.5) is 0 Å². The molecule has 0 spiro atoms. The van der Waals surface area contributed by atoms with Crippen molar-refractivity contribution in [1.29, 1.82) is 0 Å². The fourth-order valence-corrected chi connectivity index (χ4v) is 2.68. The second-order valence-electron chi connectivity index (χ2n) is 6.01. The van der Waals surface area contributed by atoms with Crippen LogP contribution in [0.25, 0.3) is 0 Å². The lowest BCUT2D eigenvalue weighted by Crippen LogP contribution is -2.47. The maximum atomic E-state index is 10.4. The van der Waals surface area contributed by atoms with Crippen LogP contribution in [0.15, 0.2) is 0 Å². The van der Waals surface area contributed by atoms with Crippen LogP contribution in [0.1, 0.15) is 65.7 Å². The highest BCUT2D eigenvalue weighted by Crippen LogP contribution is 2.29. The molecule has 1 saturated heterocycles. The Hall–Kier alpha value is -0.0800. The van der Waals surface area contributed by atoms with E-state index in [1.165, 1.54) is 38.6 Å². The summed E-state index contributed by atoms with van der Waals surface area (Å²) in [6.45, 7) is 9.95. The Balaban J connectivity index is 2.11. The van der Waals surface area contributed by atoms with E-state index >= 15 is 0 Å². The van der Waals surface area contributed by atoms with E-state index in [0.717, 1.165) is 25.9 Å². The van der Waals surface area contributed by atoms with Gasteiger partial charge in [-0.25, -0.2) is 0 Å². The van der Waals surface area contributed by atoms with Gasteiger partial charge in [-0.1, -0.05) is 46.5 Å². The first-order chi connectivity index (χ1) is 8.08. The summed E-state index contributed by atoms with van der Waals surface area (Å²) in [5, 5.41) is 10.4. The summed E-state index contributed by atoms with van der Waals surface area (Å²) in [4.78, 5) is 2.53. The van der Waals surface area contributed by atoms with Gasteiger partial charge in [-0.3, -0.25) is 0 Å². The largest absolute Gasteiger partial charge is 0.390 e. The summed E-state index contributed by atoms with van der Waals surface area (Å²) in [5.74, 6) is 0.397. The van der Waals surface area contributed by atoms with Gasteiger partial charge in [-0.05, 0) is 31.7 Å². The van der Waals surface area contributed by atoms with Gasteiger partial charge in [0.05, 0.1) is 5.60 Å². The van der Waals surface area contributed by atoms with Gasteiger partial charge in [-0.2, -0.15) is 0 Å². The van der Waals surface area contributed by atoms with Crippen LogP contribution in [0.2, 0.25) is 0 Å². The number of unbranched alkanes of at least 4 members (excludes halogenated alkanes) is 4. The molecule has 0 saturated carbocycles. The molecule has 0 amide bonds. The molecule has 1 N–H and O–H groups in total. The number of hydrogen-bond acceptors (Lipinski definition) is 2.